The van der Waals surface area contributed by atoms with E-state index in [-0.39, 0.29) is 30.6 Å². The number of ether oxygens (including phenoxy) is 2. The molecule has 0 saturated carbocycles. The number of nitrogen functional groups attached to an aromatic ring is 1. The number of aliphatic hydroxyl groups excluding tert-OH is 1. The fourth-order valence-electron chi connectivity index (χ4n) is 5.26. The number of unbranched alkanes of at least 4 members (excludes halogenated alkanes) is 3. The minimum absolute atomic E-state index is 0.0131. The molecular formula is C35H41N5O5S2. The number of aliphatic hydroxyl groups is 1. The molecule has 2 heterocycles. The molecule has 0 spiro atoms. The summed E-state index contributed by atoms with van der Waals surface area (Å²) in [4.78, 5) is 25.0. The molecule has 0 unspecified atom stereocenters. The van der Waals surface area contributed by atoms with Gasteiger partial charge in [0.15, 0.2) is 10.6 Å². The molecule has 1 saturated heterocycles. The van der Waals surface area contributed by atoms with Crippen molar-refractivity contribution in [2.75, 3.05) is 22.1 Å². The Balaban J connectivity index is 1.11. The van der Waals surface area contributed by atoms with Crippen LogP contribution in [0.25, 0.3) is 0 Å². The summed E-state index contributed by atoms with van der Waals surface area (Å²) in [6.45, 7) is 1.93. The minimum atomic E-state index is -0.625. The van der Waals surface area contributed by atoms with Gasteiger partial charge in [0.25, 0.3) is 0 Å². The lowest BCUT2D eigenvalue weighted by Gasteiger charge is -2.36. The molecule has 12 heteroatoms. The molecule has 3 aromatic carbocycles. The first-order valence-corrected chi connectivity index (χ1v) is 17.6. The number of hydrogen-bond acceptors (Lipinski definition) is 10. The number of carbonyl (C=O) groups excluding carboxylic acids is 2. The van der Waals surface area contributed by atoms with Gasteiger partial charge in [-0.25, -0.2) is 0 Å². The third-order valence-corrected chi connectivity index (χ3v) is 9.85. The van der Waals surface area contributed by atoms with Crippen LogP contribution in [0.3, 0.4) is 0 Å². The molecule has 2 amide bonds. The zero-order valence-electron chi connectivity index (χ0n) is 26.4. The summed E-state index contributed by atoms with van der Waals surface area (Å²) >= 11 is 3.19. The van der Waals surface area contributed by atoms with Crippen molar-refractivity contribution >= 4 is 52.0 Å². The molecule has 0 radical (unpaired) electrons. The highest BCUT2D eigenvalue weighted by Crippen LogP contribution is 2.40. The molecule has 5 rings (SSSR count). The summed E-state index contributed by atoms with van der Waals surface area (Å²) in [6, 6.07) is 22.6. The Bertz CT molecular complexity index is 1620. The normalized spacial score (nSPS) is 17.7. The summed E-state index contributed by atoms with van der Waals surface area (Å²) in [7, 11) is 0. The van der Waals surface area contributed by atoms with Gasteiger partial charge in [0.05, 0.1) is 30.2 Å². The van der Waals surface area contributed by atoms with E-state index in [1.54, 1.807) is 35.2 Å². The van der Waals surface area contributed by atoms with Gasteiger partial charge in [-0.1, -0.05) is 84.5 Å². The first kappa shape index (κ1) is 34.5. The Labute approximate surface area is 283 Å². The molecule has 3 atom stereocenters. The molecule has 4 aromatic rings. The number of nitrogens with one attached hydrogen (secondary N) is 2. The Morgan fingerprint density at radius 2 is 1.66 bits per heavy atom. The summed E-state index contributed by atoms with van der Waals surface area (Å²) in [6.07, 6.45) is 3.73. The number of anilines is 3. The number of carbonyl (C=O) groups is 2. The number of nitrogens with zero attached hydrogens (tertiary/aromatic N) is 2. The van der Waals surface area contributed by atoms with Crippen LogP contribution >= 0.6 is 23.1 Å². The first-order valence-electron chi connectivity index (χ1n) is 15.8. The van der Waals surface area contributed by atoms with Gasteiger partial charge < -0.3 is 30.9 Å². The maximum atomic E-state index is 12.8. The lowest BCUT2D eigenvalue weighted by molar-refractivity contribution is -0.245. The zero-order valence-corrected chi connectivity index (χ0v) is 28.0. The Morgan fingerprint density at radius 1 is 0.915 bits per heavy atom. The van der Waals surface area contributed by atoms with E-state index in [0.717, 1.165) is 51.7 Å². The summed E-state index contributed by atoms with van der Waals surface area (Å²) in [5, 5.41) is 24.6. The van der Waals surface area contributed by atoms with Gasteiger partial charge in [-0.05, 0) is 55.2 Å². The second-order valence-corrected chi connectivity index (χ2v) is 13.9. The van der Waals surface area contributed by atoms with Gasteiger partial charge in [-0.3, -0.25) is 9.59 Å². The van der Waals surface area contributed by atoms with E-state index in [1.807, 2.05) is 67.6 Å². The van der Waals surface area contributed by atoms with Crippen LogP contribution in [-0.2, 0) is 25.7 Å². The molecule has 0 bridgehead atoms. The zero-order chi connectivity index (χ0) is 33.0. The number of aryl methyl sites for hydroxylation is 1. The van der Waals surface area contributed by atoms with Crippen molar-refractivity contribution in [1.29, 1.82) is 0 Å². The van der Waals surface area contributed by atoms with Crippen LogP contribution in [0.5, 0.6) is 0 Å². The van der Waals surface area contributed by atoms with Crippen LogP contribution in [0, 0.1) is 6.92 Å². The second kappa shape index (κ2) is 17.4. The van der Waals surface area contributed by atoms with Crippen LogP contribution in [0.15, 0.2) is 77.1 Å². The third kappa shape index (κ3) is 10.6. The number of nitrogens with two attached hydrogens (primary N) is 1. The highest BCUT2D eigenvalue weighted by Gasteiger charge is 2.32. The lowest BCUT2D eigenvalue weighted by Crippen LogP contribution is -2.31. The van der Waals surface area contributed by atoms with Gasteiger partial charge in [-0.15, -0.1) is 10.2 Å². The number of amides is 2. The smallest absolute Gasteiger partial charge is 0.224 e. The quantitative estimate of drug-likeness (QED) is 0.0584. The highest BCUT2D eigenvalue weighted by molar-refractivity contribution is 8.01. The molecule has 5 N–H and O–H groups in total. The average molecular weight is 676 g/mol. The standard InChI is InChI=1S/C35H41N5O5S2/c1-23-39-40-35(47-23)46-22-28-20-31(25-17-15-24(21-41)16-18-25)45-34(44-28)26-9-8-10-27(19-26)37-32(42)13-4-2-3-5-14-33(43)38-30-12-7-6-11-29(30)36/h6-12,15-19,28,31,34,41H,2-5,13-14,20-22,36H2,1H3,(H,37,42)(H,38,43)/t28-,31+,34+/m1/s1. The van der Waals surface area contributed by atoms with Crippen LogP contribution in [-0.4, -0.2) is 39.0 Å². The first-order chi connectivity index (χ1) is 22.9. The van der Waals surface area contributed by atoms with Gasteiger partial charge in [0.1, 0.15) is 5.01 Å². The van der Waals surface area contributed by atoms with Crippen molar-refractivity contribution in [1.82, 2.24) is 10.2 Å². The number of benzene rings is 3. The maximum absolute atomic E-state index is 12.8. The van der Waals surface area contributed by atoms with E-state index >= 15 is 0 Å². The lowest BCUT2D eigenvalue weighted by atomic mass is 10.0. The van der Waals surface area contributed by atoms with Crippen LogP contribution in [0.2, 0.25) is 0 Å². The SMILES string of the molecule is Cc1nnc(SC[C@H]2C[C@@H](c3ccc(CO)cc3)O[C@@H](c3cccc(NC(=O)CCCCCCC(=O)Nc4ccccc4N)c3)O2)s1. The van der Waals surface area contributed by atoms with Gasteiger partial charge in [-0.2, -0.15) is 0 Å². The molecule has 1 aliphatic rings. The molecule has 47 heavy (non-hydrogen) atoms. The van der Waals surface area contributed by atoms with Gasteiger partial charge in [0.2, 0.25) is 11.8 Å². The largest absolute Gasteiger partial charge is 0.397 e. The number of aromatic nitrogens is 2. The Morgan fingerprint density at radius 3 is 2.36 bits per heavy atom. The van der Waals surface area contributed by atoms with E-state index in [0.29, 0.717) is 42.1 Å². The Kier molecular flexibility index (Phi) is 12.8. The molecule has 1 fully saturated rings. The van der Waals surface area contributed by atoms with E-state index in [9.17, 15) is 14.7 Å². The summed E-state index contributed by atoms with van der Waals surface area (Å²) in [5.41, 5.74) is 10.4. The van der Waals surface area contributed by atoms with E-state index in [4.69, 9.17) is 15.2 Å². The van der Waals surface area contributed by atoms with Gasteiger partial charge >= 0.3 is 0 Å². The van der Waals surface area contributed by atoms with E-state index in [1.165, 1.54) is 0 Å². The monoisotopic (exact) mass is 675 g/mol. The molecule has 1 aliphatic heterocycles. The van der Waals surface area contributed by atoms with Crippen LogP contribution in [0.1, 0.15) is 79.0 Å². The maximum Gasteiger partial charge on any atom is 0.224 e. The third-order valence-electron chi connectivity index (χ3n) is 7.75. The fourth-order valence-corrected chi connectivity index (χ4v) is 7.12. The van der Waals surface area contributed by atoms with Crippen molar-refractivity contribution in [2.45, 2.75) is 81.3 Å². The van der Waals surface area contributed by atoms with Gasteiger partial charge in [0, 0.05) is 36.3 Å². The van der Waals surface area contributed by atoms with Crippen LogP contribution in [0.4, 0.5) is 17.1 Å². The average Bonchev–Trinajstić information content (AvgIpc) is 3.51. The van der Waals surface area contributed by atoms with E-state index < -0.39 is 6.29 Å². The number of thioether (sulfide) groups is 1. The van der Waals surface area contributed by atoms with E-state index in [2.05, 4.69) is 20.8 Å². The fraction of sp³-hybridized carbons (Fsp3) is 0.371. The summed E-state index contributed by atoms with van der Waals surface area (Å²) < 4.78 is 13.8. The minimum Gasteiger partial charge on any atom is -0.397 e. The van der Waals surface area contributed by atoms with Crippen molar-refractivity contribution in [3.8, 4) is 0 Å². The molecule has 0 aliphatic carbocycles. The number of para-hydroxylation sites is 2. The summed E-state index contributed by atoms with van der Waals surface area (Å²) in [5.74, 6) is 0.574. The highest BCUT2D eigenvalue weighted by atomic mass is 32.2. The van der Waals surface area contributed by atoms with Crippen molar-refractivity contribution in [3.05, 3.63) is 94.5 Å². The molecule has 1 aromatic heterocycles. The van der Waals surface area contributed by atoms with Crippen molar-refractivity contribution < 1.29 is 24.2 Å². The number of hydrogen-bond donors (Lipinski definition) is 4. The molecular weight excluding hydrogens is 635 g/mol. The van der Waals surface area contributed by atoms with Crippen LogP contribution < -0.4 is 16.4 Å². The molecule has 10 nitrogen and oxygen atoms in total. The predicted molar refractivity (Wildman–Crippen MR) is 186 cm³/mol. The second-order valence-electron chi connectivity index (χ2n) is 11.5. The number of rotatable bonds is 15. The van der Waals surface area contributed by atoms with Crippen molar-refractivity contribution in [3.63, 3.8) is 0 Å². The Hall–Kier alpha value is -3.81. The predicted octanol–water partition coefficient (Wildman–Crippen LogP) is 7.18. The topological polar surface area (TPSA) is 149 Å². The molecule has 248 valence electrons. The van der Waals surface area contributed by atoms with Crippen molar-refractivity contribution in [2.24, 2.45) is 0 Å².